The number of nitrogens with one attached hydrogen (secondary N) is 1. The zero-order chi connectivity index (χ0) is 29.8. The summed E-state index contributed by atoms with van der Waals surface area (Å²) < 4.78 is 33.2. The van der Waals surface area contributed by atoms with Crippen LogP contribution >= 0.6 is 0 Å². The highest BCUT2D eigenvalue weighted by Crippen LogP contribution is 2.41. The Kier molecular flexibility index (Phi) is 7.32. The summed E-state index contributed by atoms with van der Waals surface area (Å²) in [7, 11) is -3.57. The number of aromatic nitrogens is 3. The number of sulfone groups is 1. The van der Waals surface area contributed by atoms with Gasteiger partial charge in [0.05, 0.1) is 12.3 Å². The van der Waals surface area contributed by atoms with Crippen LogP contribution in [0.1, 0.15) is 56.4 Å². The predicted molar refractivity (Wildman–Crippen MR) is 168 cm³/mol. The Morgan fingerprint density at radius 2 is 1.91 bits per heavy atom. The van der Waals surface area contributed by atoms with Gasteiger partial charge >= 0.3 is 0 Å². The first-order chi connectivity index (χ1) is 20.6. The number of nitrogens with two attached hydrogens (primary N) is 1. The predicted octanol–water partition coefficient (Wildman–Crippen LogP) is 4.44. The van der Waals surface area contributed by atoms with Crippen LogP contribution in [0, 0.1) is 23.2 Å². The van der Waals surface area contributed by atoms with Crippen molar-refractivity contribution in [3.05, 3.63) is 53.6 Å². The molecule has 1 saturated heterocycles. The van der Waals surface area contributed by atoms with E-state index in [9.17, 15) is 8.42 Å². The molecule has 0 amide bonds. The van der Waals surface area contributed by atoms with Crippen molar-refractivity contribution in [1.82, 2.24) is 20.3 Å². The highest BCUT2D eigenvalue weighted by Gasteiger charge is 2.37. The SMILES string of the molecule is CC1(C)CCc2ncnc(N3CCOc4ccc(-c5cnc(N)c(S(=O)(=O)CCC6C[C@H]7CNC[C@H]7C6)c5)cc4C3)c2C1. The van der Waals surface area contributed by atoms with E-state index in [2.05, 4.69) is 40.1 Å². The first-order valence-electron chi connectivity index (χ1n) is 15.7. The highest BCUT2D eigenvalue weighted by atomic mass is 32.2. The summed E-state index contributed by atoms with van der Waals surface area (Å²) in [4.78, 5) is 16.1. The van der Waals surface area contributed by atoms with Gasteiger partial charge in [-0.25, -0.2) is 23.4 Å². The maximum atomic E-state index is 13.5. The van der Waals surface area contributed by atoms with Crippen LogP contribution < -0.4 is 20.7 Å². The number of benzene rings is 1. The lowest BCUT2D eigenvalue weighted by Gasteiger charge is -2.33. The Bertz CT molecular complexity index is 1630. The molecule has 2 fully saturated rings. The number of hydrogen-bond acceptors (Lipinski definition) is 9. The third kappa shape index (κ3) is 5.71. The second-order valence-electron chi connectivity index (χ2n) is 13.8. The van der Waals surface area contributed by atoms with Gasteiger partial charge in [0.2, 0.25) is 0 Å². The number of nitrogens with zero attached hydrogens (tertiary/aromatic N) is 4. The van der Waals surface area contributed by atoms with Crippen molar-refractivity contribution >= 4 is 21.5 Å². The van der Waals surface area contributed by atoms with Crippen molar-refractivity contribution in [2.45, 2.75) is 63.8 Å². The zero-order valence-electron chi connectivity index (χ0n) is 25.2. The molecule has 1 unspecified atom stereocenters. The number of nitrogen functional groups attached to an aromatic ring is 1. The van der Waals surface area contributed by atoms with Gasteiger partial charge in [0, 0.05) is 35.1 Å². The second-order valence-corrected chi connectivity index (χ2v) is 15.9. The minimum atomic E-state index is -3.57. The normalized spacial score (nSPS) is 24.5. The van der Waals surface area contributed by atoms with E-state index in [1.54, 1.807) is 18.6 Å². The Morgan fingerprint density at radius 3 is 2.72 bits per heavy atom. The van der Waals surface area contributed by atoms with Crippen LogP contribution in [0.2, 0.25) is 0 Å². The van der Waals surface area contributed by atoms with Crippen LogP contribution in [0.15, 0.2) is 41.7 Å². The first-order valence-corrected chi connectivity index (χ1v) is 17.3. The summed E-state index contributed by atoms with van der Waals surface area (Å²) in [6, 6.07) is 7.73. The molecule has 0 spiro atoms. The summed E-state index contributed by atoms with van der Waals surface area (Å²) in [5.41, 5.74) is 11.4. The average Bonchev–Trinajstić information content (AvgIpc) is 3.51. The molecular weight excluding hydrogens is 560 g/mol. The van der Waals surface area contributed by atoms with E-state index in [1.165, 1.54) is 5.56 Å². The topological polar surface area (TPSA) is 123 Å². The van der Waals surface area contributed by atoms with E-state index in [1.807, 2.05) is 12.1 Å². The summed E-state index contributed by atoms with van der Waals surface area (Å²) in [6.07, 6.45) is 9.31. The molecule has 228 valence electrons. The Morgan fingerprint density at radius 1 is 1.09 bits per heavy atom. The molecular formula is C33H42N6O3S. The molecule has 3 aromatic rings. The molecule has 2 aromatic heterocycles. The molecule has 2 aliphatic heterocycles. The summed E-state index contributed by atoms with van der Waals surface area (Å²) >= 11 is 0. The molecule has 1 saturated carbocycles. The number of aryl methyl sites for hydroxylation is 1. The number of ether oxygens (including phenoxy) is 1. The molecule has 1 aromatic carbocycles. The smallest absolute Gasteiger partial charge is 0.182 e. The molecule has 7 rings (SSSR count). The van der Waals surface area contributed by atoms with Crippen LogP contribution in [-0.4, -0.2) is 55.4 Å². The molecule has 2 aliphatic carbocycles. The van der Waals surface area contributed by atoms with Gasteiger partial charge in [-0.15, -0.1) is 0 Å². The van der Waals surface area contributed by atoms with Gasteiger partial charge in [0.25, 0.3) is 0 Å². The summed E-state index contributed by atoms with van der Waals surface area (Å²) in [5.74, 6) is 3.85. The maximum absolute atomic E-state index is 13.5. The van der Waals surface area contributed by atoms with Gasteiger partial charge < -0.3 is 20.7 Å². The van der Waals surface area contributed by atoms with Crippen molar-refractivity contribution < 1.29 is 13.2 Å². The van der Waals surface area contributed by atoms with Crippen molar-refractivity contribution in [2.75, 3.05) is 42.6 Å². The van der Waals surface area contributed by atoms with E-state index < -0.39 is 9.84 Å². The first kappa shape index (κ1) is 28.5. The van der Waals surface area contributed by atoms with Crippen LogP contribution in [0.3, 0.4) is 0 Å². The largest absolute Gasteiger partial charge is 0.491 e. The Balaban J connectivity index is 1.13. The molecule has 4 aliphatic rings. The number of fused-ring (bicyclic) bond motifs is 3. The van der Waals surface area contributed by atoms with Crippen molar-refractivity contribution in [3.8, 4) is 16.9 Å². The lowest BCUT2D eigenvalue weighted by molar-refractivity contribution is 0.310. The van der Waals surface area contributed by atoms with E-state index >= 15 is 0 Å². The molecule has 0 bridgehead atoms. The van der Waals surface area contributed by atoms with E-state index in [0.717, 1.165) is 85.7 Å². The van der Waals surface area contributed by atoms with Gasteiger partial charge in [-0.1, -0.05) is 19.9 Å². The number of anilines is 2. The molecule has 43 heavy (non-hydrogen) atoms. The average molecular weight is 603 g/mol. The third-order valence-electron chi connectivity index (χ3n) is 10.1. The van der Waals surface area contributed by atoms with Crippen LogP contribution in [0.25, 0.3) is 11.1 Å². The Labute approximate surface area is 254 Å². The van der Waals surface area contributed by atoms with Gasteiger partial charge in [0.1, 0.15) is 35.2 Å². The molecule has 3 atom stereocenters. The summed E-state index contributed by atoms with van der Waals surface area (Å²) in [5, 5.41) is 3.46. The molecule has 4 heterocycles. The van der Waals surface area contributed by atoms with Gasteiger partial charge in [-0.05, 0) is 98.5 Å². The lowest BCUT2D eigenvalue weighted by Crippen LogP contribution is -2.31. The zero-order valence-corrected chi connectivity index (χ0v) is 26.0. The van der Waals surface area contributed by atoms with Crippen LogP contribution in [-0.2, 0) is 29.2 Å². The van der Waals surface area contributed by atoms with Gasteiger partial charge in [-0.2, -0.15) is 0 Å². The fourth-order valence-corrected chi connectivity index (χ4v) is 9.25. The number of hydrogen-bond donors (Lipinski definition) is 2. The van der Waals surface area contributed by atoms with Crippen molar-refractivity contribution in [3.63, 3.8) is 0 Å². The van der Waals surface area contributed by atoms with Crippen LogP contribution in [0.5, 0.6) is 5.75 Å². The fourth-order valence-electron chi connectivity index (χ4n) is 7.71. The minimum absolute atomic E-state index is 0.0666. The monoisotopic (exact) mass is 602 g/mol. The Hall–Kier alpha value is -3.24. The standard InChI is InChI=1S/C33H42N6O3S/c1-33(2)7-5-28-27(15-33)32(38-20-37-28)39-8-9-42-29-4-3-22(13-26(29)19-39)25-14-30(31(34)36-18-25)43(40,41)10-6-21-11-23-16-35-17-24(23)12-21/h3-4,13-14,18,20-21,23-24,35H,5-12,15-17,19H2,1-2H3,(H2,34,36)/t21?,23-,24+. The van der Waals surface area contributed by atoms with E-state index in [0.29, 0.717) is 37.3 Å². The maximum Gasteiger partial charge on any atom is 0.182 e. The van der Waals surface area contributed by atoms with Gasteiger partial charge in [-0.3, -0.25) is 0 Å². The number of pyridine rings is 1. The van der Waals surface area contributed by atoms with Crippen molar-refractivity contribution in [2.24, 2.45) is 23.2 Å². The lowest BCUT2D eigenvalue weighted by atomic mass is 9.76. The molecule has 0 radical (unpaired) electrons. The second kappa shape index (κ2) is 11.0. The van der Waals surface area contributed by atoms with Crippen LogP contribution in [0.4, 0.5) is 11.6 Å². The van der Waals surface area contributed by atoms with Gasteiger partial charge in [0.15, 0.2) is 9.84 Å². The molecule has 3 N–H and O–H groups in total. The quantitative estimate of drug-likeness (QED) is 0.421. The molecule has 10 heteroatoms. The fraction of sp³-hybridized carbons (Fsp3) is 0.545. The minimum Gasteiger partial charge on any atom is -0.491 e. The number of rotatable bonds is 6. The van der Waals surface area contributed by atoms with E-state index in [-0.39, 0.29) is 21.9 Å². The molecule has 9 nitrogen and oxygen atoms in total. The third-order valence-corrected chi connectivity index (χ3v) is 11.9. The summed E-state index contributed by atoms with van der Waals surface area (Å²) in [6.45, 7) is 8.67. The highest BCUT2D eigenvalue weighted by molar-refractivity contribution is 7.91. The van der Waals surface area contributed by atoms with Crippen molar-refractivity contribution in [1.29, 1.82) is 0 Å². The van der Waals surface area contributed by atoms with E-state index in [4.69, 9.17) is 15.5 Å².